The van der Waals surface area contributed by atoms with Crippen molar-refractivity contribution in [2.24, 2.45) is 0 Å². The van der Waals surface area contributed by atoms with E-state index < -0.39 is 0 Å². The quantitative estimate of drug-likeness (QED) is 0.760. The second kappa shape index (κ2) is 4.30. The fraction of sp³-hybridized carbons (Fsp3) is 0.308. The molecule has 1 heterocycles. The number of aromatic nitrogens is 1. The third kappa shape index (κ3) is 2.09. The van der Waals surface area contributed by atoms with Crippen LogP contribution in [0.5, 0.6) is 0 Å². The molecule has 0 atom stereocenters. The van der Waals surface area contributed by atoms with Gasteiger partial charge in [-0.05, 0) is 24.1 Å². The number of aryl methyl sites for hydroxylation is 2. The van der Waals surface area contributed by atoms with E-state index in [1.807, 2.05) is 0 Å². The summed E-state index contributed by atoms with van der Waals surface area (Å²) in [6, 6.07) is 8.35. The van der Waals surface area contributed by atoms with Crippen molar-refractivity contribution in [2.75, 3.05) is 0 Å². The summed E-state index contributed by atoms with van der Waals surface area (Å²) in [5.41, 5.74) is 2.38. The molecule has 0 aliphatic heterocycles. The second-order valence-corrected chi connectivity index (χ2v) is 3.54. The van der Waals surface area contributed by atoms with Gasteiger partial charge in [0.05, 0.1) is 6.20 Å². The first-order valence-electron chi connectivity index (χ1n) is 5.37. The SMILES string of the molecule is CCc1ccc(-c2ncc(CC)o2)cc1. The second-order valence-electron chi connectivity index (χ2n) is 3.54. The molecule has 0 radical (unpaired) electrons. The molecule has 0 aliphatic rings. The van der Waals surface area contributed by atoms with Crippen molar-refractivity contribution < 1.29 is 4.42 Å². The molecule has 2 aromatic rings. The van der Waals surface area contributed by atoms with Crippen LogP contribution in [-0.4, -0.2) is 4.98 Å². The molecule has 1 aromatic heterocycles. The summed E-state index contributed by atoms with van der Waals surface area (Å²) in [6.45, 7) is 4.21. The highest BCUT2D eigenvalue weighted by Gasteiger charge is 2.04. The Labute approximate surface area is 90.0 Å². The highest BCUT2D eigenvalue weighted by Crippen LogP contribution is 2.19. The molecule has 0 bridgehead atoms. The zero-order valence-electron chi connectivity index (χ0n) is 9.16. The Morgan fingerprint density at radius 1 is 1.07 bits per heavy atom. The summed E-state index contributed by atoms with van der Waals surface area (Å²) in [6.07, 6.45) is 3.75. The minimum absolute atomic E-state index is 0.717. The fourth-order valence-corrected chi connectivity index (χ4v) is 1.49. The summed E-state index contributed by atoms with van der Waals surface area (Å²) < 4.78 is 5.58. The average Bonchev–Trinajstić information content (AvgIpc) is 2.78. The fourth-order valence-electron chi connectivity index (χ4n) is 1.49. The van der Waals surface area contributed by atoms with E-state index >= 15 is 0 Å². The van der Waals surface area contributed by atoms with Crippen LogP contribution in [0.25, 0.3) is 11.5 Å². The Morgan fingerprint density at radius 3 is 2.33 bits per heavy atom. The number of oxazole rings is 1. The zero-order valence-corrected chi connectivity index (χ0v) is 9.16. The van der Waals surface area contributed by atoms with Gasteiger partial charge in [-0.1, -0.05) is 26.0 Å². The van der Waals surface area contributed by atoms with Gasteiger partial charge >= 0.3 is 0 Å². The summed E-state index contributed by atoms with van der Waals surface area (Å²) in [5.74, 6) is 1.65. The van der Waals surface area contributed by atoms with E-state index in [0.717, 1.165) is 30.1 Å². The predicted octanol–water partition coefficient (Wildman–Crippen LogP) is 3.47. The highest BCUT2D eigenvalue weighted by atomic mass is 16.4. The van der Waals surface area contributed by atoms with Gasteiger partial charge in [0.25, 0.3) is 0 Å². The van der Waals surface area contributed by atoms with Gasteiger partial charge in [0.2, 0.25) is 5.89 Å². The molecule has 2 rings (SSSR count). The van der Waals surface area contributed by atoms with Gasteiger partial charge in [0, 0.05) is 12.0 Å². The number of hydrogen-bond acceptors (Lipinski definition) is 2. The summed E-state index contributed by atoms with van der Waals surface area (Å²) >= 11 is 0. The average molecular weight is 201 g/mol. The van der Waals surface area contributed by atoms with Crippen LogP contribution in [0.4, 0.5) is 0 Å². The van der Waals surface area contributed by atoms with E-state index in [9.17, 15) is 0 Å². The van der Waals surface area contributed by atoms with E-state index in [-0.39, 0.29) is 0 Å². The van der Waals surface area contributed by atoms with Gasteiger partial charge in [-0.3, -0.25) is 0 Å². The normalized spacial score (nSPS) is 10.5. The lowest BCUT2D eigenvalue weighted by Crippen LogP contribution is -1.80. The molecule has 2 heteroatoms. The predicted molar refractivity (Wildman–Crippen MR) is 60.7 cm³/mol. The lowest BCUT2D eigenvalue weighted by Gasteiger charge is -1.98. The summed E-state index contributed by atoms with van der Waals surface area (Å²) in [5, 5.41) is 0. The molecule has 0 aliphatic carbocycles. The maximum absolute atomic E-state index is 5.58. The van der Waals surface area contributed by atoms with Gasteiger partial charge in [0.1, 0.15) is 5.76 Å². The van der Waals surface area contributed by atoms with Crippen molar-refractivity contribution in [3.8, 4) is 11.5 Å². The molecule has 0 saturated carbocycles. The number of benzene rings is 1. The molecule has 0 N–H and O–H groups in total. The topological polar surface area (TPSA) is 26.0 Å². The maximum atomic E-state index is 5.58. The Balaban J connectivity index is 2.28. The minimum atomic E-state index is 0.717. The molecular formula is C13H15NO. The van der Waals surface area contributed by atoms with Gasteiger partial charge < -0.3 is 4.42 Å². The Bertz CT molecular complexity index is 428. The van der Waals surface area contributed by atoms with E-state index in [0.29, 0.717) is 0 Å². The van der Waals surface area contributed by atoms with Crippen LogP contribution in [0.15, 0.2) is 34.9 Å². The number of nitrogens with zero attached hydrogens (tertiary/aromatic N) is 1. The monoisotopic (exact) mass is 201 g/mol. The zero-order chi connectivity index (χ0) is 10.7. The Hall–Kier alpha value is -1.57. The van der Waals surface area contributed by atoms with Crippen molar-refractivity contribution in [1.82, 2.24) is 4.98 Å². The third-order valence-electron chi connectivity index (χ3n) is 2.51. The standard InChI is InChI=1S/C13H15NO/c1-3-10-5-7-11(8-6-10)13-14-9-12(4-2)15-13/h5-9H,3-4H2,1-2H3. The molecule has 0 spiro atoms. The van der Waals surface area contributed by atoms with Crippen LogP contribution < -0.4 is 0 Å². The molecule has 0 saturated heterocycles. The van der Waals surface area contributed by atoms with Gasteiger partial charge in [0.15, 0.2) is 0 Å². The molecular weight excluding hydrogens is 186 g/mol. The first-order chi connectivity index (χ1) is 7.33. The van der Waals surface area contributed by atoms with Crippen LogP contribution in [0.1, 0.15) is 25.2 Å². The molecule has 0 fully saturated rings. The van der Waals surface area contributed by atoms with Gasteiger partial charge in [-0.15, -0.1) is 0 Å². The van der Waals surface area contributed by atoms with E-state index in [1.54, 1.807) is 6.20 Å². The first kappa shape index (κ1) is 9.97. The van der Waals surface area contributed by atoms with Crippen molar-refractivity contribution in [3.63, 3.8) is 0 Å². The molecule has 2 nitrogen and oxygen atoms in total. The van der Waals surface area contributed by atoms with Crippen LogP contribution in [-0.2, 0) is 12.8 Å². The molecule has 1 aromatic carbocycles. The molecule has 15 heavy (non-hydrogen) atoms. The highest BCUT2D eigenvalue weighted by molar-refractivity contribution is 5.53. The molecule has 0 unspecified atom stereocenters. The van der Waals surface area contributed by atoms with Crippen molar-refractivity contribution >= 4 is 0 Å². The van der Waals surface area contributed by atoms with Crippen LogP contribution in [0, 0.1) is 0 Å². The smallest absolute Gasteiger partial charge is 0.226 e. The lowest BCUT2D eigenvalue weighted by molar-refractivity contribution is 0.524. The van der Waals surface area contributed by atoms with Crippen LogP contribution in [0.2, 0.25) is 0 Å². The van der Waals surface area contributed by atoms with Crippen molar-refractivity contribution in [2.45, 2.75) is 26.7 Å². The molecule has 0 amide bonds. The largest absolute Gasteiger partial charge is 0.441 e. The minimum Gasteiger partial charge on any atom is -0.441 e. The third-order valence-corrected chi connectivity index (χ3v) is 2.51. The van der Waals surface area contributed by atoms with E-state index in [4.69, 9.17) is 4.42 Å². The van der Waals surface area contributed by atoms with Crippen LogP contribution >= 0.6 is 0 Å². The van der Waals surface area contributed by atoms with Crippen LogP contribution in [0.3, 0.4) is 0 Å². The van der Waals surface area contributed by atoms with Gasteiger partial charge in [-0.25, -0.2) is 4.98 Å². The van der Waals surface area contributed by atoms with E-state index in [1.165, 1.54) is 5.56 Å². The number of hydrogen-bond donors (Lipinski definition) is 0. The molecule has 78 valence electrons. The van der Waals surface area contributed by atoms with Gasteiger partial charge in [-0.2, -0.15) is 0 Å². The maximum Gasteiger partial charge on any atom is 0.226 e. The van der Waals surface area contributed by atoms with E-state index in [2.05, 4.69) is 43.1 Å². The van der Waals surface area contributed by atoms with Crippen molar-refractivity contribution in [3.05, 3.63) is 41.8 Å². The lowest BCUT2D eigenvalue weighted by atomic mass is 10.1. The van der Waals surface area contributed by atoms with Crippen molar-refractivity contribution in [1.29, 1.82) is 0 Å². The number of rotatable bonds is 3. The first-order valence-corrected chi connectivity index (χ1v) is 5.37. The Morgan fingerprint density at radius 2 is 1.80 bits per heavy atom. The Kier molecular flexibility index (Phi) is 2.86. The summed E-state index contributed by atoms with van der Waals surface area (Å²) in [4.78, 5) is 4.25. The summed E-state index contributed by atoms with van der Waals surface area (Å²) in [7, 11) is 0.